The van der Waals surface area contributed by atoms with Crippen LogP contribution in [0.4, 0.5) is 0 Å². The number of quaternary nitrogens is 1. The molecule has 2 aromatic carbocycles. The number of para-hydroxylation sites is 1. The summed E-state index contributed by atoms with van der Waals surface area (Å²) < 4.78 is 12.0. The molecule has 3 saturated heterocycles. The molecule has 172 valence electrons. The second-order valence-corrected chi connectivity index (χ2v) is 9.57. The normalized spacial score (nSPS) is 27.3. The molecule has 2 bridgehead atoms. The number of fused-ring (bicyclic) bond motifs is 4. The number of pyridine rings is 1. The molecule has 0 spiro atoms. The summed E-state index contributed by atoms with van der Waals surface area (Å²) >= 11 is 0. The molecule has 0 unspecified atom stereocenters. The smallest absolute Gasteiger partial charge is 0.131 e. The number of aliphatic hydroxyl groups excluding tert-OH is 1. The van der Waals surface area contributed by atoms with Crippen LogP contribution in [0.3, 0.4) is 0 Å². The summed E-state index contributed by atoms with van der Waals surface area (Å²) in [5, 5.41) is 12.9. The maximum Gasteiger partial charge on any atom is 0.131 e. The average Bonchev–Trinajstić information content (AvgIpc) is 2.87. The summed E-state index contributed by atoms with van der Waals surface area (Å²) in [6, 6.07) is 16.2. The van der Waals surface area contributed by atoms with Crippen LogP contribution < -0.4 is 9.47 Å². The van der Waals surface area contributed by atoms with E-state index in [0.29, 0.717) is 11.8 Å². The Kier molecular flexibility index (Phi) is 5.85. The first kappa shape index (κ1) is 21.9. The molecule has 0 saturated carbocycles. The first-order chi connectivity index (χ1) is 16.1. The monoisotopic (exact) mass is 445 g/mol. The van der Waals surface area contributed by atoms with E-state index in [2.05, 4.69) is 29.8 Å². The molecule has 6 rings (SSSR count). The number of piperidine rings is 3. The lowest BCUT2D eigenvalue weighted by molar-refractivity contribution is -0.984. The highest BCUT2D eigenvalue weighted by Crippen LogP contribution is 2.48. The van der Waals surface area contributed by atoms with Crippen molar-refractivity contribution in [3.05, 3.63) is 78.5 Å². The first-order valence-corrected chi connectivity index (χ1v) is 11.8. The van der Waals surface area contributed by atoms with Crippen molar-refractivity contribution in [1.29, 1.82) is 0 Å². The van der Waals surface area contributed by atoms with Gasteiger partial charge in [-0.25, -0.2) is 0 Å². The zero-order valence-corrected chi connectivity index (χ0v) is 19.5. The SMILES string of the molecule is C=C[C@H]1C[N@+]2(Cc3ccccc3OC)CC[C@H]1C[C@@H]2[C@@H](O)c1ccnc2ccc(OC)cc12. The second kappa shape index (κ2) is 8.81. The Morgan fingerprint density at radius 3 is 2.82 bits per heavy atom. The van der Waals surface area contributed by atoms with Crippen LogP contribution in [0.5, 0.6) is 11.5 Å². The number of ether oxygens (including phenoxy) is 2. The summed E-state index contributed by atoms with van der Waals surface area (Å²) in [5.74, 6) is 2.74. The van der Waals surface area contributed by atoms with Crippen molar-refractivity contribution in [2.24, 2.45) is 11.8 Å². The first-order valence-electron chi connectivity index (χ1n) is 11.8. The van der Waals surface area contributed by atoms with Crippen molar-refractivity contribution in [3.8, 4) is 11.5 Å². The number of hydrogen-bond acceptors (Lipinski definition) is 4. The van der Waals surface area contributed by atoms with Crippen LogP contribution >= 0.6 is 0 Å². The van der Waals surface area contributed by atoms with Gasteiger partial charge in [-0.05, 0) is 47.9 Å². The van der Waals surface area contributed by atoms with Gasteiger partial charge in [0.1, 0.15) is 30.2 Å². The maximum absolute atomic E-state index is 11.9. The Bertz CT molecular complexity index is 1160. The van der Waals surface area contributed by atoms with Crippen LogP contribution in [-0.2, 0) is 6.54 Å². The van der Waals surface area contributed by atoms with Crippen molar-refractivity contribution in [1.82, 2.24) is 4.98 Å². The summed E-state index contributed by atoms with van der Waals surface area (Å²) in [5.41, 5.74) is 3.01. The van der Waals surface area contributed by atoms with Crippen molar-refractivity contribution in [2.45, 2.75) is 31.5 Å². The Morgan fingerprint density at radius 1 is 1.18 bits per heavy atom. The molecule has 33 heavy (non-hydrogen) atoms. The van der Waals surface area contributed by atoms with Gasteiger partial charge in [0.25, 0.3) is 0 Å². The van der Waals surface area contributed by atoms with E-state index in [4.69, 9.17) is 9.47 Å². The Balaban J connectivity index is 1.57. The van der Waals surface area contributed by atoms with Crippen LogP contribution in [0.2, 0.25) is 0 Å². The molecule has 3 aliphatic heterocycles. The predicted octanol–water partition coefficient (Wildman–Crippen LogP) is 4.90. The zero-order chi connectivity index (χ0) is 23.0. The fourth-order valence-corrected chi connectivity index (χ4v) is 6.29. The zero-order valence-electron chi connectivity index (χ0n) is 19.5. The van der Waals surface area contributed by atoms with Gasteiger partial charge in [-0.3, -0.25) is 4.98 Å². The van der Waals surface area contributed by atoms with Crippen LogP contribution in [0.1, 0.15) is 30.1 Å². The van der Waals surface area contributed by atoms with E-state index in [1.165, 1.54) is 12.0 Å². The Labute approximate surface area is 195 Å². The molecular formula is C28H33N2O3+. The molecule has 3 fully saturated rings. The quantitative estimate of drug-likeness (QED) is 0.415. The van der Waals surface area contributed by atoms with Crippen LogP contribution in [-0.4, -0.2) is 47.9 Å². The minimum Gasteiger partial charge on any atom is -0.497 e. The van der Waals surface area contributed by atoms with Gasteiger partial charge in [0, 0.05) is 35.9 Å². The fourth-order valence-electron chi connectivity index (χ4n) is 6.29. The number of benzene rings is 2. The van der Waals surface area contributed by atoms with Gasteiger partial charge in [0.05, 0.1) is 32.8 Å². The van der Waals surface area contributed by atoms with Gasteiger partial charge in [0.15, 0.2) is 0 Å². The van der Waals surface area contributed by atoms with Gasteiger partial charge >= 0.3 is 0 Å². The molecule has 0 aliphatic carbocycles. The molecule has 3 aromatic rings. The number of nitrogens with zero attached hydrogens (tertiary/aromatic N) is 2. The average molecular weight is 446 g/mol. The number of methoxy groups -OCH3 is 2. The molecule has 1 N–H and O–H groups in total. The lowest BCUT2D eigenvalue weighted by Crippen LogP contribution is -2.67. The molecule has 5 atom stereocenters. The van der Waals surface area contributed by atoms with Crippen LogP contribution in [0.15, 0.2) is 67.4 Å². The van der Waals surface area contributed by atoms with E-state index >= 15 is 0 Å². The summed E-state index contributed by atoms with van der Waals surface area (Å²) in [4.78, 5) is 4.52. The molecule has 4 heterocycles. The minimum atomic E-state index is -0.592. The van der Waals surface area contributed by atoms with E-state index < -0.39 is 6.10 Å². The van der Waals surface area contributed by atoms with E-state index in [1.54, 1.807) is 20.4 Å². The second-order valence-electron chi connectivity index (χ2n) is 9.57. The Morgan fingerprint density at radius 2 is 2.03 bits per heavy atom. The van der Waals surface area contributed by atoms with Gasteiger partial charge in [-0.1, -0.05) is 18.2 Å². The molecule has 3 aliphatic rings. The Hall–Kier alpha value is -2.89. The summed E-state index contributed by atoms with van der Waals surface area (Å²) in [6.07, 6.45) is 5.50. The third-order valence-electron chi connectivity index (χ3n) is 8.02. The lowest BCUT2D eigenvalue weighted by atomic mass is 9.71. The van der Waals surface area contributed by atoms with Crippen LogP contribution in [0.25, 0.3) is 10.9 Å². The van der Waals surface area contributed by atoms with E-state index in [0.717, 1.165) is 58.5 Å². The highest BCUT2D eigenvalue weighted by atomic mass is 16.5. The number of aliphatic hydroxyl groups is 1. The van der Waals surface area contributed by atoms with Crippen molar-refractivity contribution in [2.75, 3.05) is 27.3 Å². The van der Waals surface area contributed by atoms with Gasteiger partial charge < -0.3 is 19.1 Å². The minimum absolute atomic E-state index is 0.0988. The van der Waals surface area contributed by atoms with Crippen molar-refractivity contribution in [3.63, 3.8) is 0 Å². The van der Waals surface area contributed by atoms with E-state index in [1.807, 2.05) is 36.4 Å². The van der Waals surface area contributed by atoms with Gasteiger partial charge in [0.2, 0.25) is 0 Å². The number of aromatic nitrogens is 1. The fraction of sp³-hybridized carbons (Fsp3) is 0.393. The van der Waals surface area contributed by atoms with Gasteiger partial charge in [-0.2, -0.15) is 0 Å². The highest BCUT2D eigenvalue weighted by molar-refractivity contribution is 5.83. The maximum atomic E-state index is 11.9. The van der Waals surface area contributed by atoms with Crippen molar-refractivity contribution >= 4 is 10.9 Å². The van der Waals surface area contributed by atoms with Crippen molar-refractivity contribution < 1.29 is 19.1 Å². The molecule has 5 nitrogen and oxygen atoms in total. The predicted molar refractivity (Wildman–Crippen MR) is 130 cm³/mol. The topological polar surface area (TPSA) is 51.6 Å². The van der Waals surface area contributed by atoms with E-state index in [9.17, 15) is 5.11 Å². The molecular weight excluding hydrogens is 412 g/mol. The summed E-state index contributed by atoms with van der Waals surface area (Å²) in [6.45, 7) is 7.04. The van der Waals surface area contributed by atoms with Crippen LogP contribution in [0, 0.1) is 11.8 Å². The molecule has 5 heteroatoms. The number of rotatable bonds is 7. The third kappa shape index (κ3) is 3.79. The lowest BCUT2D eigenvalue weighted by Gasteiger charge is -2.58. The van der Waals surface area contributed by atoms with Gasteiger partial charge in [-0.15, -0.1) is 6.58 Å². The highest BCUT2D eigenvalue weighted by Gasteiger charge is 2.54. The third-order valence-corrected chi connectivity index (χ3v) is 8.02. The molecule has 1 aromatic heterocycles. The number of hydrogen-bond donors (Lipinski definition) is 1. The molecule has 0 amide bonds. The standard InChI is InChI=1S/C28H33N2O3/c1-4-19-17-30(18-21-7-5-6-8-27(21)33-3)14-12-20(19)15-26(30)28(31)23-11-13-29-25-10-9-22(32-2)16-24(23)25/h4-11,13,16,19-20,26,28,31H,1,12,14-15,17-18H2,2-3H3/q+1/t19-,20-,26+,28-,30-/m0/s1. The largest absolute Gasteiger partial charge is 0.497 e. The summed E-state index contributed by atoms with van der Waals surface area (Å²) in [7, 11) is 3.40. The molecule has 0 radical (unpaired) electrons. The van der Waals surface area contributed by atoms with E-state index in [-0.39, 0.29) is 6.04 Å².